The van der Waals surface area contributed by atoms with Gasteiger partial charge in [-0.25, -0.2) is 8.78 Å². The third-order valence-corrected chi connectivity index (χ3v) is 4.80. The predicted octanol–water partition coefficient (Wildman–Crippen LogP) is 3.70. The molecule has 1 aliphatic rings. The summed E-state index contributed by atoms with van der Waals surface area (Å²) in [7, 11) is 0. The van der Waals surface area contributed by atoms with Crippen LogP contribution in [0.1, 0.15) is 22.9 Å². The highest BCUT2D eigenvalue weighted by Crippen LogP contribution is 2.31. The van der Waals surface area contributed by atoms with Gasteiger partial charge in [0, 0.05) is 24.5 Å². The van der Waals surface area contributed by atoms with Crippen LogP contribution in [0.15, 0.2) is 23.6 Å². The van der Waals surface area contributed by atoms with Crippen molar-refractivity contribution in [2.24, 2.45) is 0 Å². The number of fused-ring (bicyclic) bond motifs is 1. The molecular formula is C16H18F2N2S. The minimum absolute atomic E-state index is 0.104. The molecule has 2 heterocycles. The third kappa shape index (κ3) is 2.94. The second kappa shape index (κ2) is 6.12. The van der Waals surface area contributed by atoms with Crippen LogP contribution in [0.4, 0.5) is 14.5 Å². The Labute approximate surface area is 127 Å². The van der Waals surface area contributed by atoms with Crippen LogP contribution in [0.3, 0.4) is 0 Å². The fourth-order valence-electron chi connectivity index (χ4n) is 2.73. The average Bonchev–Trinajstić information content (AvgIpc) is 2.92. The van der Waals surface area contributed by atoms with E-state index in [2.05, 4.69) is 5.32 Å². The lowest BCUT2D eigenvalue weighted by molar-refractivity contribution is 0.560. The molecule has 0 amide bonds. The molecule has 3 rings (SSSR count). The van der Waals surface area contributed by atoms with Crippen molar-refractivity contribution in [3.63, 3.8) is 0 Å². The highest BCUT2D eigenvalue weighted by Gasteiger charge is 2.23. The first kappa shape index (κ1) is 14.5. The maximum Gasteiger partial charge on any atom is 0.149 e. The minimum Gasteiger partial charge on any atom is -0.362 e. The molecule has 0 bridgehead atoms. The van der Waals surface area contributed by atoms with Crippen molar-refractivity contribution in [2.45, 2.75) is 26.4 Å². The van der Waals surface area contributed by atoms with Gasteiger partial charge >= 0.3 is 0 Å². The molecular weight excluding hydrogens is 290 g/mol. The summed E-state index contributed by atoms with van der Waals surface area (Å²) in [5.41, 5.74) is 1.93. The molecule has 2 aromatic rings. The molecule has 1 aromatic carbocycles. The van der Waals surface area contributed by atoms with Gasteiger partial charge in [-0.15, -0.1) is 11.3 Å². The first-order valence-corrected chi connectivity index (χ1v) is 8.06. The Morgan fingerprint density at radius 3 is 2.76 bits per heavy atom. The van der Waals surface area contributed by atoms with E-state index in [9.17, 15) is 8.78 Å². The lowest BCUT2D eigenvalue weighted by Gasteiger charge is -2.29. The number of hydrogen-bond acceptors (Lipinski definition) is 3. The van der Waals surface area contributed by atoms with Crippen molar-refractivity contribution in [3.8, 4) is 0 Å². The fourth-order valence-corrected chi connectivity index (χ4v) is 3.62. The maximum absolute atomic E-state index is 14.3. The summed E-state index contributed by atoms with van der Waals surface area (Å²) in [5.74, 6) is -0.942. The summed E-state index contributed by atoms with van der Waals surface area (Å²) in [6.07, 6.45) is 0.852. The molecule has 0 saturated heterocycles. The van der Waals surface area contributed by atoms with Crippen LogP contribution in [-0.4, -0.2) is 13.1 Å². The summed E-state index contributed by atoms with van der Waals surface area (Å²) in [4.78, 5) is 3.13. The molecule has 1 aliphatic heterocycles. The Bertz CT molecular complexity index is 616. The summed E-state index contributed by atoms with van der Waals surface area (Å²) < 4.78 is 28.6. The van der Waals surface area contributed by atoms with E-state index in [-0.39, 0.29) is 5.69 Å². The number of thiophene rings is 1. The normalized spacial score (nSPS) is 14.3. The van der Waals surface area contributed by atoms with E-state index in [0.29, 0.717) is 25.2 Å². The van der Waals surface area contributed by atoms with Crippen LogP contribution in [0.2, 0.25) is 0 Å². The summed E-state index contributed by atoms with van der Waals surface area (Å²) in [6.45, 7) is 4.47. The molecule has 1 N–H and O–H groups in total. The van der Waals surface area contributed by atoms with Gasteiger partial charge in [0.2, 0.25) is 0 Å². The molecule has 1 aromatic heterocycles. The SMILES string of the molecule is CCNCc1cc(F)c(N2CCc3sccc3C2)c(F)c1. The van der Waals surface area contributed by atoms with Gasteiger partial charge in [-0.05, 0) is 47.7 Å². The van der Waals surface area contributed by atoms with E-state index in [0.717, 1.165) is 13.0 Å². The number of benzene rings is 1. The van der Waals surface area contributed by atoms with Crippen LogP contribution in [0, 0.1) is 11.6 Å². The molecule has 112 valence electrons. The largest absolute Gasteiger partial charge is 0.362 e. The van der Waals surface area contributed by atoms with Gasteiger partial charge in [-0.1, -0.05) is 6.92 Å². The summed E-state index contributed by atoms with van der Waals surface area (Å²) in [6, 6.07) is 4.91. The van der Waals surface area contributed by atoms with Gasteiger partial charge in [0.1, 0.15) is 17.3 Å². The van der Waals surface area contributed by atoms with Gasteiger partial charge in [-0.3, -0.25) is 0 Å². The molecule has 0 aliphatic carbocycles. The average molecular weight is 308 g/mol. The number of nitrogens with one attached hydrogen (secondary N) is 1. The van der Waals surface area contributed by atoms with Crippen molar-refractivity contribution >= 4 is 17.0 Å². The summed E-state index contributed by atoms with van der Waals surface area (Å²) in [5, 5.41) is 5.12. The van der Waals surface area contributed by atoms with E-state index >= 15 is 0 Å². The topological polar surface area (TPSA) is 15.3 Å². The van der Waals surface area contributed by atoms with Gasteiger partial charge in [0.15, 0.2) is 0 Å². The lowest BCUT2D eigenvalue weighted by atomic mass is 10.1. The second-order valence-electron chi connectivity index (χ2n) is 5.23. The first-order valence-electron chi connectivity index (χ1n) is 7.18. The zero-order valence-corrected chi connectivity index (χ0v) is 12.8. The Hall–Kier alpha value is -1.46. The van der Waals surface area contributed by atoms with Crippen LogP contribution in [0.25, 0.3) is 0 Å². The number of anilines is 1. The summed E-state index contributed by atoms with van der Waals surface area (Å²) >= 11 is 1.72. The standard InChI is InChI=1S/C16H18F2N2S/c1-2-19-9-11-7-13(17)16(14(18)8-11)20-5-3-15-12(10-20)4-6-21-15/h4,6-8,19H,2-3,5,9-10H2,1H3. The Morgan fingerprint density at radius 1 is 1.29 bits per heavy atom. The Balaban J connectivity index is 1.86. The highest BCUT2D eigenvalue weighted by atomic mass is 32.1. The molecule has 0 fully saturated rings. The molecule has 21 heavy (non-hydrogen) atoms. The first-order chi connectivity index (χ1) is 10.2. The van der Waals surface area contributed by atoms with Crippen molar-refractivity contribution < 1.29 is 8.78 Å². The van der Waals surface area contributed by atoms with Gasteiger partial charge in [0.25, 0.3) is 0 Å². The Kier molecular flexibility index (Phi) is 4.22. The fraction of sp³-hybridized carbons (Fsp3) is 0.375. The molecule has 0 spiro atoms. The molecule has 0 atom stereocenters. The molecule has 0 saturated carbocycles. The smallest absolute Gasteiger partial charge is 0.149 e. The zero-order chi connectivity index (χ0) is 14.8. The molecule has 0 radical (unpaired) electrons. The van der Waals surface area contributed by atoms with E-state index in [4.69, 9.17) is 0 Å². The number of halogens is 2. The number of rotatable bonds is 4. The van der Waals surface area contributed by atoms with Crippen molar-refractivity contribution in [2.75, 3.05) is 18.0 Å². The van der Waals surface area contributed by atoms with Crippen LogP contribution in [-0.2, 0) is 19.5 Å². The quantitative estimate of drug-likeness (QED) is 0.926. The van der Waals surface area contributed by atoms with Gasteiger partial charge < -0.3 is 10.2 Å². The van der Waals surface area contributed by atoms with E-state index < -0.39 is 11.6 Å². The molecule has 2 nitrogen and oxygen atoms in total. The monoisotopic (exact) mass is 308 g/mol. The van der Waals surface area contributed by atoms with Crippen LogP contribution < -0.4 is 10.2 Å². The van der Waals surface area contributed by atoms with E-state index in [1.165, 1.54) is 22.6 Å². The third-order valence-electron chi connectivity index (χ3n) is 3.78. The maximum atomic E-state index is 14.3. The van der Waals surface area contributed by atoms with Gasteiger partial charge in [0.05, 0.1) is 0 Å². The van der Waals surface area contributed by atoms with Gasteiger partial charge in [-0.2, -0.15) is 0 Å². The molecule has 0 unspecified atom stereocenters. The van der Waals surface area contributed by atoms with Crippen LogP contribution in [0.5, 0.6) is 0 Å². The van der Waals surface area contributed by atoms with Crippen molar-refractivity contribution in [1.29, 1.82) is 0 Å². The second-order valence-corrected chi connectivity index (χ2v) is 6.23. The molecule has 5 heteroatoms. The Morgan fingerprint density at radius 2 is 2.05 bits per heavy atom. The lowest BCUT2D eigenvalue weighted by Crippen LogP contribution is -2.31. The van der Waals surface area contributed by atoms with E-state index in [1.54, 1.807) is 16.2 Å². The van der Waals surface area contributed by atoms with Crippen LogP contribution >= 0.6 is 11.3 Å². The zero-order valence-electron chi connectivity index (χ0n) is 12.0. The minimum atomic E-state index is -0.471. The number of hydrogen-bond donors (Lipinski definition) is 1. The van der Waals surface area contributed by atoms with E-state index in [1.807, 2.05) is 18.4 Å². The van der Waals surface area contributed by atoms with Crippen molar-refractivity contribution in [3.05, 3.63) is 51.2 Å². The number of nitrogens with zero attached hydrogens (tertiary/aromatic N) is 1. The van der Waals surface area contributed by atoms with Crippen molar-refractivity contribution in [1.82, 2.24) is 5.32 Å². The highest BCUT2D eigenvalue weighted by molar-refractivity contribution is 7.10. The predicted molar refractivity (Wildman–Crippen MR) is 82.8 cm³/mol.